The molecule has 21 heavy (non-hydrogen) atoms. The highest BCUT2D eigenvalue weighted by Crippen LogP contribution is 2.43. The number of rotatable bonds is 4. The quantitative estimate of drug-likeness (QED) is 0.756. The van der Waals surface area contributed by atoms with E-state index < -0.39 is 0 Å². The number of likely N-dealkylation sites (tertiary alicyclic amines) is 1. The van der Waals surface area contributed by atoms with Crippen LogP contribution in [-0.2, 0) is 4.79 Å². The molecule has 2 unspecified atom stereocenters. The summed E-state index contributed by atoms with van der Waals surface area (Å²) in [5.41, 5.74) is -0.0410. The van der Waals surface area contributed by atoms with Gasteiger partial charge >= 0.3 is 0 Å². The average Bonchev–Trinajstić information content (AvgIpc) is 3.06. The van der Waals surface area contributed by atoms with Gasteiger partial charge < -0.3 is 0 Å². The maximum Gasteiger partial charge on any atom is 0.156 e. The van der Waals surface area contributed by atoms with Crippen molar-refractivity contribution in [1.82, 2.24) is 4.90 Å². The highest BCUT2D eigenvalue weighted by atomic mass is 16.1. The molecule has 2 heteroatoms. The summed E-state index contributed by atoms with van der Waals surface area (Å²) >= 11 is 0. The van der Waals surface area contributed by atoms with Crippen molar-refractivity contribution < 1.29 is 4.79 Å². The van der Waals surface area contributed by atoms with Gasteiger partial charge in [0, 0.05) is 5.92 Å². The number of piperidine rings is 1. The van der Waals surface area contributed by atoms with E-state index in [-0.39, 0.29) is 5.54 Å². The van der Waals surface area contributed by atoms with Crippen molar-refractivity contribution >= 4 is 5.78 Å². The monoisotopic (exact) mass is 291 g/mol. The Hall–Kier alpha value is -0.370. The van der Waals surface area contributed by atoms with E-state index in [1.807, 2.05) is 0 Å². The third-order valence-electron chi connectivity index (χ3n) is 6.58. The zero-order valence-corrected chi connectivity index (χ0v) is 13.9. The average molecular weight is 291 g/mol. The van der Waals surface area contributed by atoms with Crippen LogP contribution in [0, 0.1) is 11.8 Å². The number of hydrogen-bond donors (Lipinski definition) is 0. The van der Waals surface area contributed by atoms with Gasteiger partial charge in [-0.1, -0.05) is 45.4 Å². The molecule has 0 aromatic rings. The van der Waals surface area contributed by atoms with E-state index >= 15 is 0 Å². The molecule has 2 saturated carbocycles. The summed E-state index contributed by atoms with van der Waals surface area (Å²) in [7, 11) is 0. The van der Waals surface area contributed by atoms with Crippen molar-refractivity contribution in [3.8, 4) is 0 Å². The molecule has 0 N–H and O–H groups in total. The number of carbonyl (C=O) groups excluding carboxylic acids is 1. The van der Waals surface area contributed by atoms with Gasteiger partial charge in [0.1, 0.15) is 0 Å². The normalized spacial score (nSPS) is 34.0. The molecule has 3 fully saturated rings. The van der Waals surface area contributed by atoms with Gasteiger partial charge in [0.25, 0.3) is 0 Å². The maximum absolute atomic E-state index is 13.4. The first-order chi connectivity index (χ1) is 10.3. The topological polar surface area (TPSA) is 20.3 Å². The molecular formula is C19H33NO. The van der Waals surface area contributed by atoms with E-state index in [4.69, 9.17) is 0 Å². The molecule has 2 aliphatic carbocycles. The van der Waals surface area contributed by atoms with E-state index in [9.17, 15) is 4.79 Å². The minimum absolute atomic E-state index is 0.0410. The van der Waals surface area contributed by atoms with Crippen LogP contribution in [0.3, 0.4) is 0 Å². The summed E-state index contributed by atoms with van der Waals surface area (Å²) < 4.78 is 0. The minimum Gasteiger partial charge on any atom is -0.297 e. The van der Waals surface area contributed by atoms with Crippen LogP contribution in [0.15, 0.2) is 0 Å². The van der Waals surface area contributed by atoms with Gasteiger partial charge in [-0.15, -0.1) is 0 Å². The summed E-state index contributed by atoms with van der Waals surface area (Å²) in [5, 5.41) is 0. The van der Waals surface area contributed by atoms with Gasteiger partial charge in [-0.05, 0) is 57.5 Å². The minimum atomic E-state index is -0.0410. The molecule has 0 amide bonds. The van der Waals surface area contributed by atoms with E-state index in [1.165, 1.54) is 77.3 Å². The molecule has 0 bridgehead atoms. The van der Waals surface area contributed by atoms with E-state index in [0.717, 1.165) is 18.8 Å². The van der Waals surface area contributed by atoms with Crippen LogP contribution in [0.4, 0.5) is 0 Å². The Kier molecular flexibility index (Phi) is 5.03. The molecule has 0 radical (unpaired) electrons. The van der Waals surface area contributed by atoms with Crippen LogP contribution in [-0.4, -0.2) is 29.3 Å². The third-order valence-corrected chi connectivity index (χ3v) is 6.58. The second kappa shape index (κ2) is 6.81. The fraction of sp³-hybridized carbons (Fsp3) is 0.947. The Morgan fingerprint density at radius 3 is 2.38 bits per heavy atom. The highest BCUT2D eigenvalue weighted by Gasteiger charge is 2.48. The summed E-state index contributed by atoms with van der Waals surface area (Å²) in [4.78, 5) is 16.1. The van der Waals surface area contributed by atoms with E-state index in [0.29, 0.717) is 11.7 Å². The molecular weight excluding hydrogens is 258 g/mol. The van der Waals surface area contributed by atoms with Gasteiger partial charge in [0.2, 0.25) is 0 Å². The smallest absolute Gasteiger partial charge is 0.156 e. The first-order valence-electron chi connectivity index (χ1n) is 9.55. The lowest BCUT2D eigenvalue weighted by Crippen LogP contribution is -2.56. The zero-order valence-electron chi connectivity index (χ0n) is 13.9. The van der Waals surface area contributed by atoms with Gasteiger partial charge in [-0.25, -0.2) is 0 Å². The lowest BCUT2D eigenvalue weighted by atomic mass is 9.72. The zero-order chi connectivity index (χ0) is 14.7. The highest BCUT2D eigenvalue weighted by molar-refractivity contribution is 5.91. The second-order valence-electron chi connectivity index (χ2n) is 7.79. The third kappa shape index (κ3) is 3.06. The first-order valence-corrected chi connectivity index (χ1v) is 9.55. The Morgan fingerprint density at radius 2 is 1.71 bits per heavy atom. The standard InChI is InChI=1S/C19H33NO/c1-2-16-9-8-10-17(15-16)18(21)19(11-4-5-12-19)20-13-6-3-7-14-20/h16-17H,2-15H2,1H3. The Morgan fingerprint density at radius 1 is 1.00 bits per heavy atom. The second-order valence-corrected chi connectivity index (χ2v) is 7.79. The van der Waals surface area contributed by atoms with Crippen molar-refractivity contribution in [2.45, 2.75) is 89.5 Å². The van der Waals surface area contributed by atoms with Gasteiger partial charge in [-0.3, -0.25) is 9.69 Å². The molecule has 0 aromatic heterocycles. The van der Waals surface area contributed by atoms with Crippen molar-refractivity contribution in [2.75, 3.05) is 13.1 Å². The number of nitrogens with zero attached hydrogens (tertiary/aromatic N) is 1. The van der Waals surface area contributed by atoms with Crippen LogP contribution in [0.5, 0.6) is 0 Å². The van der Waals surface area contributed by atoms with Crippen molar-refractivity contribution in [2.24, 2.45) is 11.8 Å². The summed E-state index contributed by atoms with van der Waals surface area (Å²) in [6.45, 7) is 4.65. The van der Waals surface area contributed by atoms with Crippen molar-refractivity contribution in [3.05, 3.63) is 0 Å². The fourth-order valence-corrected chi connectivity index (χ4v) is 5.28. The Labute approximate surface area is 130 Å². The SMILES string of the molecule is CCC1CCCC(C(=O)C2(N3CCCCC3)CCCC2)C1. The molecule has 0 spiro atoms. The van der Waals surface area contributed by atoms with E-state index in [2.05, 4.69) is 11.8 Å². The largest absolute Gasteiger partial charge is 0.297 e. The molecule has 2 atom stereocenters. The summed E-state index contributed by atoms with van der Waals surface area (Å²) in [5.74, 6) is 1.84. The molecule has 0 aromatic carbocycles. The van der Waals surface area contributed by atoms with Crippen LogP contribution in [0.1, 0.15) is 84.0 Å². The molecule has 3 aliphatic rings. The number of Topliss-reactive ketones (excluding diaryl/α,β-unsaturated/α-hetero) is 1. The first kappa shape index (κ1) is 15.5. The predicted octanol–water partition coefficient (Wildman–Crippen LogP) is 4.57. The molecule has 1 saturated heterocycles. The van der Waals surface area contributed by atoms with Gasteiger partial charge in [-0.2, -0.15) is 0 Å². The van der Waals surface area contributed by atoms with Crippen molar-refractivity contribution in [3.63, 3.8) is 0 Å². The number of ketones is 1. The lowest BCUT2D eigenvalue weighted by molar-refractivity contribution is -0.137. The van der Waals surface area contributed by atoms with Crippen molar-refractivity contribution in [1.29, 1.82) is 0 Å². The number of carbonyl (C=O) groups is 1. The maximum atomic E-state index is 13.4. The molecule has 1 aliphatic heterocycles. The summed E-state index contributed by atoms with van der Waals surface area (Å²) in [6.07, 6.45) is 15.1. The van der Waals surface area contributed by atoms with Gasteiger partial charge in [0.15, 0.2) is 5.78 Å². The van der Waals surface area contributed by atoms with Crippen LogP contribution >= 0.6 is 0 Å². The molecule has 2 nitrogen and oxygen atoms in total. The number of hydrogen-bond acceptors (Lipinski definition) is 2. The van der Waals surface area contributed by atoms with Crippen LogP contribution < -0.4 is 0 Å². The Bertz CT molecular complexity index is 353. The van der Waals surface area contributed by atoms with E-state index in [1.54, 1.807) is 0 Å². The molecule has 1 heterocycles. The molecule has 120 valence electrons. The van der Waals surface area contributed by atoms with Crippen LogP contribution in [0.25, 0.3) is 0 Å². The fourth-order valence-electron chi connectivity index (χ4n) is 5.28. The van der Waals surface area contributed by atoms with Crippen LogP contribution in [0.2, 0.25) is 0 Å². The summed E-state index contributed by atoms with van der Waals surface area (Å²) in [6, 6.07) is 0. The molecule has 3 rings (SSSR count). The predicted molar refractivity (Wildman–Crippen MR) is 87.4 cm³/mol. The lowest BCUT2D eigenvalue weighted by Gasteiger charge is -2.45. The Balaban J connectivity index is 1.75. The van der Waals surface area contributed by atoms with Gasteiger partial charge in [0.05, 0.1) is 5.54 Å².